The van der Waals surface area contributed by atoms with Gasteiger partial charge in [0, 0.05) is 11.4 Å². The average Bonchev–Trinajstić information content (AvgIpc) is 2.46. The number of rotatable bonds is 7. The van der Waals surface area contributed by atoms with Crippen LogP contribution in [-0.4, -0.2) is 19.7 Å². The standard InChI is InChI=1S/C17H23NO/c1-14(18-2)8-5-6-13-19-17-12-7-10-15-9-3-4-11-16(15)17/h3-4,7,9-12,14,18H,5-6,8,13H2,1-2H3. The van der Waals surface area contributed by atoms with Crippen LogP contribution in [0.3, 0.4) is 0 Å². The Kier molecular flexibility index (Phi) is 5.22. The van der Waals surface area contributed by atoms with Gasteiger partial charge >= 0.3 is 0 Å². The molecule has 0 saturated carbocycles. The van der Waals surface area contributed by atoms with E-state index < -0.39 is 0 Å². The summed E-state index contributed by atoms with van der Waals surface area (Å²) >= 11 is 0. The average molecular weight is 257 g/mol. The Hall–Kier alpha value is -1.54. The minimum absolute atomic E-state index is 0.595. The number of hydrogen-bond acceptors (Lipinski definition) is 2. The molecular weight excluding hydrogens is 234 g/mol. The molecule has 0 aromatic heterocycles. The second-order valence-corrected chi connectivity index (χ2v) is 5.01. The number of ether oxygens (including phenoxy) is 1. The number of nitrogens with one attached hydrogen (secondary N) is 1. The number of hydrogen-bond donors (Lipinski definition) is 1. The number of fused-ring (bicyclic) bond motifs is 1. The third-order valence-electron chi connectivity index (χ3n) is 3.53. The highest BCUT2D eigenvalue weighted by molar-refractivity contribution is 5.88. The van der Waals surface area contributed by atoms with Crippen LogP contribution in [0.25, 0.3) is 10.8 Å². The molecular formula is C17H23NO. The lowest BCUT2D eigenvalue weighted by atomic mass is 10.1. The van der Waals surface area contributed by atoms with Crippen LogP contribution in [0.4, 0.5) is 0 Å². The van der Waals surface area contributed by atoms with Crippen molar-refractivity contribution in [2.75, 3.05) is 13.7 Å². The molecule has 2 aromatic rings. The Labute approximate surface area is 115 Å². The minimum Gasteiger partial charge on any atom is -0.493 e. The van der Waals surface area contributed by atoms with Gasteiger partial charge in [0.15, 0.2) is 0 Å². The van der Waals surface area contributed by atoms with Crippen molar-refractivity contribution in [1.82, 2.24) is 5.32 Å². The van der Waals surface area contributed by atoms with Crippen molar-refractivity contribution in [3.63, 3.8) is 0 Å². The molecule has 1 atom stereocenters. The maximum atomic E-state index is 5.91. The van der Waals surface area contributed by atoms with Crippen molar-refractivity contribution in [3.05, 3.63) is 42.5 Å². The molecule has 0 radical (unpaired) electrons. The maximum absolute atomic E-state index is 5.91. The van der Waals surface area contributed by atoms with Crippen molar-refractivity contribution in [2.24, 2.45) is 0 Å². The first-order chi connectivity index (χ1) is 9.31. The quantitative estimate of drug-likeness (QED) is 0.757. The molecule has 0 bridgehead atoms. The zero-order valence-corrected chi connectivity index (χ0v) is 11.9. The first-order valence-electron chi connectivity index (χ1n) is 7.09. The van der Waals surface area contributed by atoms with E-state index in [0.29, 0.717) is 6.04 Å². The molecule has 0 aliphatic rings. The summed E-state index contributed by atoms with van der Waals surface area (Å²) in [5, 5.41) is 5.70. The fourth-order valence-corrected chi connectivity index (χ4v) is 2.20. The molecule has 0 fully saturated rings. The first kappa shape index (κ1) is 13.9. The zero-order valence-electron chi connectivity index (χ0n) is 11.9. The fraction of sp³-hybridized carbons (Fsp3) is 0.412. The molecule has 19 heavy (non-hydrogen) atoms. The second kappa shape index (κ2) is 7.15. The van der Waals surface area contributed by atoms with E-state index >= 15 is 0 Å². The molecule has 0 aliphatic carbocycles. The first-order valence-corrected chi connectivity index (χ1v) is 7.09. The lowest BCUT2D eigenvalue weighted by molar-refractivity contribution is 0.305. The smallest absolute Gasteiger partial charge is 0.127 e. The summed E-state index contributed by atoms with van der Waals surface area (Å²) in [6.45, 7) is 3.01. The van der Waals surface area contributed by atoms with Crippen molar-refractivity contribution >= 4 is 10.8 Å². The number of unbranched alkanes of at least 4 members (excludes halogenated alkanes) is 1. The molecule has 0 heterocycles. The van der Waals surface area contributed by atoms with Crippen LogP contribution >= 0.6 is 0 Å². The van der Waals surface area contributed by atoms with Crippen LogP contribution in [0.1, 0.15) is 26.2 Å². The van der Waals surface area contributed by atoms with E-state index in [9.17, 15) is 0 Å². The summed E-state index contributed by atoms with van der Waals surface area (Å²) in [6, 6.07) is 15.2. The molecule has 102 valence electrons. The van der Waals surface area contributed by atoms with Gasteiger partial charge in [0.25, 0.3) is 0 Å². The zero-order chi connectivity index (χ0) is 13.5. The molecule has 2 rings (SSSR count). The monoisotopic (exact) mass is 257 g/mol. The SMILES string of the molecule is CNC(C)CCCCOc1cccc2ccccc12. The molecule has 0 aliphatic heterocycles. The van der Waals surface area contributed by atoms with Crippen molar-refractivity contribution in [1.29, 1.82) is 0 Å². The highest BCUT2D eigenvalue weighted by Gasteiger charge is 2.01. The second-order valence-electron chi connectivity index (χ2n) is 5.01. The van der Waals surface area contributed by atoms with E-state index in [1.807, 2.05) is 7.05 Å². The van der Waals surface area contributed by atoms with Gasteiger partial charge < -0.3 is 10.1 Å². The third-order valence-corrected chi connectivity index (χ3v) is 3.53. The van der Waals surface area contributed by atoms with Crippen molar-refractivity contribution in [3.8, 4) is 5.75 Å². The van der Waals surface area contributed by atoms with E-state index in [-0.39, 0.29) is 0 Å². The van der Waals surface area contributed by atoms with Gasteiger partial charge in [-0.15, -0.1) is 0 Å². The lowest BCUT2D eigenvalue weighted by Crippen LogP contribution is -2.20. The summed E-state index contributed by atoms with van der Waals surface area (Å²) in [7, 11) is 2.01. The Bertz CT molecular complexity index is 504. The van der Waals surface area contributed by atoms with E-state index in [2.05, 4.69) is 54.7 Å². The fourth-order valence-electron chi connectivity index (χ4n) is 2.20. The van der Waals surface area contributed by atoms with E-state index in [1.165, 1.54) is 23.6 Å². The van der Waals surface area contributed by atoms with E-state index in [1.54, 1.807) is 0 Å². The Morgan fingerprint density at radius 2 is 1.84 bits per heavy atom. The summed E-state index contributed by atoms with van der Waals surface area (Å²) in [5.41, 5.74) is 0. The Morgan fingerprint density at radius 3 is 2.68 bits per heavy atom. The third kappa shape index (κ3) is 3.97. The van der Waals surface area contributed by atoms with Crippen LogP contribution in [0.5, 0.6) is 5.75 Å². The molecule has 1 N–H and O–H groups in total. The minimum atomic E-state index is 0.595. The topological polar surface area (TPSA) is 21.3 Å². The summed E-state index contributed by atoms with van der Waals surface area (Å²) in [6.07, 6.45) is 3.51. The summed E-state index contributed by atoms with van der Waals surface area (Å²) < 4.78 is 5.91. The molecule has 2 heteroatoms. The lowest BCUT2D eigenvalue weighted by Gasteiger charge is -2.11. The van der Waals surface area contributed by atoms with E-state index in [0.717, 1.165) is 18.8 Å². The summed E-state index contributed by atoms with van der Waals surface area (Å²) in [5.74, 6) is 1.000. The molecule has 2 nitrogen and oxygen atoms in total. The van der Waals surface area contributed by atoms with Gasteiger partial charge in [0.2, 0.25) is 0 Å². The highest BCUT2D eigenvalue weighted by atomic mass is 16.5. The number of benzene rings is 2. The Balaban J connectivity index is 1.85. The van der Waals surface area contributed by atoms with Crippen LogP contribution in [0, 0.1) is 0 Å². The largest absolute Gasteiger partial charge is 0.493 e. The molecule has 2 aromatic carbocycles. The van der Waals surface area contributed by atoms with Crippen LogP contribution in [0.2, 0.25) is 0 Å². The van der Waals surface area contributed by atoms with Gasteiger partial charge in [-0.2, -0.15) is 0 Å². The van der Waals surface area contributed by atoms with Crippen LogP contribution in [-0.2, 0) is 0 Å². The van der Waals surface area contributed by atoms with Gasteiger partial charge in [-0.1, -0.05) is 36.4 Å². The van der Waals surface area contributed by atoms with E-state index in [4.69, 9.17) is 4.74 Å². The maximum Gasteiger partial charge on any atom is 0.127 e. The highest BCUT2D eigenvalue weighted by Crippen LogP contribution is 2.25. The van der Waals surface area contributed by atoms with Crippen LogP contribution < -0.4 is 10.1 Å². The van der Waals surface area contributed by atoms with Crippen LogP contribution in [0.15, 0.2) is 42.5 Å². The van der Waals surface area contributed by atoms with Gasteiger partial charge in [-0.05, 0) is 44.7 Å². The molecule has 0 spiro atoms. The van der Waals surface area contributed by atoms with Crippen molar-refractivity contribution < 1.29 is 4.74 Å². The predicted molar refractivity (Wildman–Crippen MR) is 81.8 cm³/mol. The molecule has 1 unspecified atom stereocenters. The summed E-state index contributed by atoms with van der Waals surface area (Å²) in [4.78, 5) is 0. The predicted octanol–water partition coefficient (Wildman–Crippen LogP) is 4.00. The van der Waals surface area contributed by atoms with Gasteiger partial charge in [0.05, 0.1) is 6.61 Å². The van der Waals surface area contributed by atoms with Gasteiger partial charge in [-0.25, -0.2) is 0 Å². The Morgan fingerprint density at radius 1 is 1.05 bits per heavy atom. The van der Waals surface area contributed by atoms with Gasteiger partial charge in [0.1, 0.15) is 5.75 Å². The normalized spacial score (nSPS) is 12.5. The van der Waals surface area contributed by atoms with Crippen molar-refractivity contribution in [2.45, 2.75) is 32.2 Å². The molecule has 0 amide bonds. The molecule has 0 saturated heterocycles. The van der Waals surface area contributed by atoms with Gasteiger partial charge in [-0.3, -0.25) is 0 Å².